The monoisotopic (exact) mass is 501 g/mol. The summed E-state index contributed by atoms with van der Waals surface area (Å²) in [5.41, 5.74) is -3.68. The molecule has 186 valence electrons. The van der Waals surface area contributed by atoms with E-state index in [1.54, 1.807) is 0 Å². The molecule has 0 spiro atoms. The molecule has 1 saturated heterocycles. The Morgan fingerprint density at radius 1 is 1.06 bits per heavy atom. The maximum atomic E-state index is 13.5. The van der Waals surface area contributed by atoms with Crippen LogP contribution < -0.4 is 10.6 Å². The summed E-state index contributed by atoms with van der Waals surface area (Å²) in [6, 6.07) is 1.71. The van der Waals surface area contributed by atoms with E-state index in [-0.39, 0.29) is 17.9 Å². The van der Waals surface area contributed by atoms with Crippen LogP contribution in [0.5, 0.6) is 0 Å². The van der Waals surface area contributed by atoms with Gasteiger partial charge >= 0.3 is 12.4 Å². The summed E-state index contributed by atoms with van der Waals surface area (Å²) in [6.45, 7) is 4.58. The lowest BCUT2D eigenvalue weighted by Gasteiger charge is -2.33. The topological polar surface area (TPSA) is 44.4 Å². The van der Waals surface area contributed by atoms with Crippen molar-refractivity contribution in [3.63, 3.8) is 0 Å². The van der Waals surface area contributed by atoms with Crippen LogP contribution in [0.1, 0.15) is 42.6 Å². The van der Waals surface area contributed by atoms with Crippen LogP contribution in [0.4, 0.5) is 30.7 Å². The lowest BCUT2D eigenvalue weighted by molar-refractivity contribution is -0.186. The minimum absolute atomic E-state index is 0.0429. The lowest BCUT2D eigenvalue weighted by Crippen LogP contribution is -2.48. The summed E-state index contributed by atoms with van der Waals surface area (Å²) < 4.78 is 91.0. The van der Waals surface area contributed by atoms with Gasteiger partial charge in [-0.05, 0) is 63.9 Å². The predicted molar refractivity (Wildman–Crippen MR) is 114 cm³/mol. The summed E-state index contributed by atoms with van der Waals surface area (Å²) in [5, 5.41) is 5.32. The van der Waals surface area contributed by atoms with Gasteiger partial charge in [0.25, 0.3) is 5.91 Å². The van der Waals surface area contributed by atoms with Gasteiger partial charge in [0.2, 0.25) is 0 Å². The van der Waals surface area contributed by atoms with Crippen molar-refractivity contribution in [3.8, 4) is 0 Å². The molecule has 0 aliphatic carbocycles. The summed E-state index contributed by atoms with van der Waals surface area (Å²) in [4.78, 5) is 14.3. The molecule has 0 bridgehead atoms. The number of alkyl halides is 6. The van der Waals surface area contributed by atoms with Gasteiger partial charge in [-0.25, -0.2) is 4.39 Å². The van der Waals surface area contributed by atoms with Crippen LogP contribution in [-0.2, 0) is 6.18 Å². The van der Waals surface area contributed by atoms with Crippen molar-refractivity contribution in [2.24, 2.45) is 11.3 Å². The molecule has 2 rings (SSSR count). The van der Waals surface area contributed by atoms with Gasteiger partial charge in [0.15, 0.2) is 0 Å². The van der Waals surface area contributed by atoms with Gasteiger partial charge in [-0.1, -0.05) is 0 Å². The molecule has 1 aromatic carbocycles. The number of halogens is 7. The zero-order valence-electron chi connectivity index (χ0n) is 18.3. The molecule has 33 heavy (non-hydrogen) atoms. The SMILES string of the molecule is CC(C)(C(=P)NCCN1CCC(CNC(=O)c2cc(F)cc(C(F)(F)F)c2)CC1)C(F)(F)F. The molecule has 4 nitrogen and oxygen atoms in total. The third kappa shape index (κ3) is 7.65. The van der Waals surface area contributed by atoms with Crippen LogP contribution in [0.2, 0.25) is 0 Å². The van der Waals surface area contributed by atoms with E-state index >= 15 is 0 Å². The van der Waals surface area contributed by atoms with Crippen molar-refractivity contribution >= 4 is 20.2 Å². The fourth-order valence-electron chi connectivity index (χ4n) is 3.34. The molecule has 12 heteroatoms. The molecule has 0 radical (unpaired) electrons. The highest BCUT2D eigenvalue weighted by atomic mass is 31.0. The maximum absolute atomic E-state index is 13.5. The highest BCUT2D eigenvalue weighted by Gasteiger charge is 2.49. The third-order valence-corrected chi connectivity index (χ3v) is 6.61. The minimum atomic E-state index is -4.76. The van der Waals surface area contributed by atoms with Gasteiger partial charge in [0.05, 0.1) is 11.0 Å². The Labute approximate surface area is 190 Å². The van der Waals surface area contributed by atoms with E-state index in [1.165, 1.54) is 0 Å². The first-order valence-electron chi connectivity index (χ1n) is 10.4. The highest BCUT2D eigenvalue weighted by Crippen LogP contribution is 2.38. The summed E-state index contributed by atoms with van der Waals surface area (Å²) in [7, 11) is 3.04. The lowest BCUT2D eigenvalue weighted by atomic mass is 9.92. The first kappa shape index (κ1) is 27.5. The van der Waals surface area contributed by atoms with Crippen molar-refractivity contribution in [2.45, 2.75) is 39.0 Å². The second kappa shape index (κ2) is 10.7. The van der Waals surface area contributed by atoms with Gasteiger partial charge in [-0.15, -0.1) is 8.86 Å². The first-order valence-corrected chi connectivity index (χ1v) is 10.9. The Morgan fingerprint density at radius 2 is 1.67 bits per heavy atom. The van der Waals surface area contributed by atoms with Crippen molar-refractivity contribution < 1.29 is 35.5 Å². The first-order chi connectivity index (χ1) is 15.1. The van der Waals surface area contributed by atoms with Crippen LogP contribution in [0, 0.1) is 17.2 Å². The fraction of sp³-hybridized carbons (Fsp3) is 0.619. The van der Waals surface area contributed by atoms with Crippen molar-refractivity contribution in [1.82, 2.24) is 15.5 Å². The van der Waals surface area contributed by atoms with Crippen molar-refractivity contribution in [2.75, 3.05) is 32.7 Å². The summed E-state index contributed by atoms with van der Waals surface area (Å²) in [5.74, 6) is -1.82. The molecule has 0 unspecified atom stereocenters. The second-order valence-corrected chi connectivity index (χ2v) is 9.15. The molecule has 1 aliphatic heterocycles. The number of carbonyl (C=O) groups is 1. The number of rotatable bonds is 8. The normalized spacial score (nSPS) is 16.6. The zero-order valence-corrected chi connectivity index (χ0v) is 19.3. The average molecular weight is 501 g/mol. The average Bonchev–Trinajstić information content (AvgIpc) is 2.70. The van der Waals surface area contributed by atoms with E-state index in [4.69, 9.17) is 0 Å². The molecule has 1 aliphatic rings. The Kier molecular flexibility index (Phi) is 8.92. The van der Waals surface area contributed by atoms with Crippen LogP contribution in [0.25, 0.3) is 0 Å². The second-order valence-electron chi connectivity index (χ2n) is 8.65. The molecule has 0 saturated carbocycles. The number of likely N-dealkylation sites (tertiary alicyclic amines) is 1. The van der Waals surface area contributed by atoms with E-state index in [1.807, 2.05) is 0 Å². The number of hydrogen-bond acceptors (Lipinski definition) is 2. The smallest absolute Gasteiger partial charge is 0.352 e. The number of carbonyl (C=O) groups excluding carboxylic acids is 1. The van der Waals surface area contributed by atoms with E-state index in [0.717, 1.165) is 19.9 Å². The van der Waals surface area contributed by atoms with Gasteiger partial charge in [-0.3, -0.25) is 10.1 Å². The summed E-state index contributed by atoms with van der Waals surface area (Å²) in [6.07, 6.45) is -7.74. The Balaban J connectivity index is 1.75. The van der Waals surface area contributed by atoms with E-state index in [0.29, 0.717) is 51.2 Å². The highest BCUT2D eigenvalue weighted by molar-refractivity contribution is 7.21. The summed E-state index contributed by atoms with van der Waals surface area (Å²) >= 11 is 0. The van der Waals surface area contributed by atoms with E-state index in [2.05, 4.69) is 24.4 Å². The molecule has 1 aromatic rings. The quantitative estimate of drug-likeness (QED) is 0.400. The van der Waals surface area contributed by atoms with E-state index < -0.39 is 40.6 Å². The number of nitrogens with zero attached hydrogens (tertiary/aromatic N) is 1. The molecule has 0 atom stereocenters. The standard InChI is InChI=1S/C21H27F7N3OP/c1-19(2,21(26,27)28)18(33)29-5-8-31-6-3-13(4-7-31)12-30-17(32)14-9-15(20(23,24)25)11-16(22)10-14/h9-11,13,29,33H,3-8,12H2,1-2H3,(H,30,32). The third-order valence-electron chi connectivity index (χ3n) is 5.81. The number of hydrogen-bond donors (Lipinski definition) is 2. The van der Waals surface area contributed by atoms with E-state index in [9.17, 15) is 35.5 Å². The van der Waals surface area contributed by atoms with Gasteiger partial charge in [-0.2, -0.15) is 26.3 Å². The Bertz CT molecular complexity index is 847. The zero-order chi connectivity index (χ0) is 25.0. The van der Waals surface area contributed by atoms with Crippen LogP contribution in [-0.4, -0.2) is 55.1 Å². The van der Waals surface area contributed by atoms with Crippen LogP contribution in [0.15, 0.2) is 18.2 Å². The van der Waals surface area contributed by atoms with Crippen LogP contribution in [0.3, 0.4) is 0 Å². The van der Waals surface area contributed by atoms with Gasteiger partial charge < -0.3 is 10.2 Å². The van der Waals surface area contributed by atoms with Crippen molar-refractivity contribution in [1.29, 1.82) is 0 Å². The number of piperidine rings is 1. The minimum Gasteiger partial charge on any atom is -0.352 e. The van der Waals surface area contributed by atoms with Gasteiger partial charge in [0, 0.05) is 30.6 Å². The number of benzene rings is 1. The number of amides is 1. The largest absolute Gasteiger partial charge is 0.416 e. The molecule has 1 amide bonds. The molecular formula is C21H27F7N3OP. The molecular weight excluding hydrogens is 474 g/mol. The maximum Gasteiger partial charge on any atom is 0.416 e. The Morgan fingerprint density at radius 3 is 2.21 bits per heavy atom. The molecule has 1 fully saturated rings. The number of nitrogens with one attached hydrogen (secondary N) is 2. The molecule has 2 N–H and O–H groups in total. The van der Waals surface area contributed by atoms with Crippen molar-refractivity contribution in [3.05, 3.63) is 35.1 Å². The molecule has 0 aromatic heterocycles. The van der Waals surface area contributed by atoms with Gasteiger partial charge in [0.1, 0.15) is 5.82 Å². The predicted octanol–water partition coefficient (Wildman–Crippen LogP) is 4.74. The molecule has 1 heterocycles. The Hall–Kier alpha value is -1.71. The van der Waals surface area contributed by atoms with Crippen LogP contribution >= 0.6 is 8.86 Å². The fourth-order valence-corrected chi connectivity index (χ4v) is 3.61.